The van der Waals surface area contributed by atoms with E-state index in [4.69, 9.17) is 9.05 Å². The molecule has 1 N–H and O–H groups in total. The predicted molar refractivity (Wildman–Crippen MR) is 55.2 cm³/mol. The lowest BCUT2D eigenvalue weighted by Gasteiger charge is -2.18. The van der Waals surface area contributed by atoms with E-state index in [1.165, 1.54) is 7.11 Å². The number of hydrogen-bond donors (Lipinski definition) is 1. The number of nitrogens with one attached hydrogen (secondary N) is 1. The Labute approximate surface area is 89.2 Å². The van der Waals surface area contributed by atoms with Crippen LogP contribution < -0.4 is 5.09 Å². The normalized spacial score (nSPS) is 10.9. The maximum atomic E-state index is 11.8. The van der Waals surface area contributed by atoms with Crippen LogP contribution in [0.15, 0.2) is 12.3 Å². The Hall–Kier alpha value is -0.840. The van der Waals surface area contributed by atoms with Gasteiger partial charge in [-0.2, -0.15) is 0 Å². The summed E-state index contributed by atoms with van der Waals surface area (Å²) in [7, 11) is -2.30. The van der Waals surface area contributed by atoms with E-state index in [2.05, 4.69) is 16.4 Å². The van der Waals surface area contributed by atoms with Gasteiger partial charge < -0.3 is 4.74 Å². The molecule has 6 nitrogen and oxygen atoms in total. The van der Waals surface area contributed by atoms with Crippen molar-refractivity contribution in [2.24, 2.45) is 0 Å². The van der Waals surface area contributed by atoms with Crippen LogP contribution in [0.3, 0.4) is 0 Å². The molecule has 0 heterocycles. The van der Waals surface area contributed by atoms with Crippen LogP contribution in [0.1, 0.15) is 13.8 Å². The third-order valence-electron chi connectivity index (χ3n) is 1.30. The lowest BCUT2D eigenvalue weighted by atomic mass is 10.5. The molecule has 0 rings (SSSR count). The quantitative estimate of drug-likeness (QED) is 0.410. The summed E-state index contributed by atoms with van der Waals surface area (Å²) in [5, 5.41) is 2.29. The smallest absolute Gasteiger partial charge is 0.432 e. The lowest BCUT2D eigenvalue weighted by molar-refractivity contribution is -0.136. The van der Waals surface area contributed by atoms with Crippen molar-refractivity contribution < 1.29 is 23.1 Å². The zero-order chi connectivity index (χ0) is 11.9. The van der Waals surface area contributed by atoms with Gasteiger partial charge in [0.2, 0.25) is 0 Å². The van der Waals surface area contributed by atoms with Gasteiger partial charge in [-0.15, -0.1) is 0 Å². The summed E-state index contributed by atoms with van der Waals surface area (Å²) in [5.41, 5.74) is -0.164. The molecule has 0 atom stereocenters. The highest BCUT2D eigenvalue weighted by Gasteiger charge is 2.26. The minimum atomic E-state index is -3.49. The van der Waals surface area contributed by atoms with Gasteiger partial charge in [-0.3, -0.25) is 14.1 Å². The Kier molecular flexibility index (Phi) is 6.24. The first kappa shape index (κ1) is 14.2. The van der Waals surface area contributed by atoms with Crippen LogP contribution in [0.5, 0.6) is 0 Å². The number of esters is 1. The SMILES string of the molecule is C=C(NP(=O)(OCC)OCC)C(=O)OC. The fourth-order valence-corrected chi connectivity index (χ4v) is 2.08. The van der Waals surface area contributed by atoms with E-state index in [0.717, 1.165) is 0 Å². The van der Waals surface area contributed by atoms with Crippen molar-refractivity contribution in [1.29, 1.82) is 0 Å². The molecular formula is C8H16NO5P. The van der Waals surface area contributed by atoms with E-state index in [1.54, 1.807) is 13.8 Å². The fraction of sp³-hybridized carbons (Fsp3) is 0.625. The topological polar surface area (TPSA) is 73.9 Å². The molecule has 88 valence electrons. The van der Waals surface area contributed by atoms with Crippen LogP contribution in [0, 0.1) is 0 Å². The first-order valence-corrected chi connectivity index (χ1v) is 5.98. The molecule has 0 spiro atoms. The van der Waals surface area contributed by atoms with Gasteiger partial charge in [0.25, 0.3) is 0 Å². The van der Waals surface area contributed by atoms with Gasteiger partial charge in [-0.05, 0) is 13.8 Å². The second-order valence-electron chi connectivity index (χ2n) is 2.41. The molecule has 0 bridgehead atoms. The zero-order valence-corrected chi connectivity index (χ0v) is 10.0. The molecular weight excluding hydrogens is 221 g/mol. The summed E-state index contributed by atoms with van der Waals surface area (Å²) in [5.74, 6) is -0.713. The second kappa shape index (κ2) is 6.61. The van der Waals surface area contributed by atoms with E-state index in [1.807, 2.05) is 0 Å². The van der Waals surface area contributed by atoms with E-state index >= 15 is 0 Å². The number of carbonyl (C=O) groups excluding carboxylic acids is 1. The van der Waals surface area contributed by atoms with Crippen molar-refractivity contribution in [3.8, 4) is 0 Å². The van der Waals surface area contributed by atoms with Crippen molar-refractivity contribution in [3.05, 3.63) is 12.3 Å². The lowest BCUT2D eigenvalue weighted by Crippen LogP contribution is -2.20. The molecule has 0 aliphatic carbocycles. The molecule has 15 heavy (non-hydrogen) atoms. The average molecular weight is 237 g/mol. The number of hydrogen-bond acceptors (Lipinski definition) is 5. The van der Waals surface area contributed by atoms with Crippen molar-refractivity contribution >= 4 is 13.7 Å². The molecule has 0 aliphatic heterocycles. The van der Waals surface area contributed by atoms with Crippen LogP contribution >= 0.6 is 7.75 Å². The summed E-state index contributed by atoms with van der Waals surface area (Å²) < 4.78 is 26.0. The third-order valence-corrected chi connectivity index (χ3v) is 3.04. The molecule has 0 unspecified atom stereocenters. The molecule has 0 fully saturated rings. The number of ether oxygens (including phenoxy) is 1. The van der Waals surface area contributed by atoms with Gasteiger partial charge in [0, 0.05) is 0 Å². The molecule has 0 aromatic heterocycles. The third kappa shape index (κ3) is 4.97. The standard InChI is InChI=1S/C8H16NO5P/c1-5-13-15(11,14-6-2)9-7(3)8(10)12-4/h3,5-6H2,1-2,4H3,(H,9,11). The summed E-state index contributed by atoms with van der Waals surface area (Å²) in [6.45, 7) is 7.07. The van der Waals surface area contributed by atoms with Gasteiger partial charge in [-0.1, -0.05) is 6.58 Å². The minimum Gasteiger partial charge on any atom is -0.464 e. The second-order valence-corrected chi connectivity index (χ2v) is 4.15. The fourth-order valence-electron chi connectivity index (χ4n) is 0.776. The highest BCUT2D eigenvalue weighted by molar-refractivity contribution is 7.51. The van der Waals surface area contributed by atoms with Crippen LogP contribution in [0.2, 0.25) is 0 Å². The largest absolute Gasteiger partial charge is 0.464 e. The Morgan fingerprint density at radius 1 is 1.33 bits per heavy atom. The first-order chi connectivity index (χ1) is 6.99. The van der Waals surface area contributed by atoms with Crippen molar-refractivity contribution in [2.45, 2.75) is 13.8 Å². The van der Waals surface area contributed by atoms with Crippen LogP contribution in [0.25, 0.3) is 0 Å². The zero-order valence-electron chi connectivity index (χ0n) is 9.11. The van der Waals surface area contributed by atoms with E-state index in [-0.39, 0.29) is 18.9 Å². The molecule has 0 aromatic carbocycles. The van der Waals surface area contributed by atoms with Gasteiger partial charge in [0.1, 0.15) is 5.70 Å². The highest BCUT2D eigenvalue weighted by Crippen LogP contribution is 2.44. The Morgan fingerprint density at radius 3 is 2.13 bits per heavy atom. The van der Waals surface area contributed by atoms with Crippen LogP contribution in [-0.4, -0.2) is 26.3 Å². The number of carbonyl (C=O) groups is 1. The van der Waals surface area contributed by atoms with E-state index in [0.29, 0.717) is 0 Å². The van der Waals surface area contributed by atoms with Crippen LogP contribution in [-0.2, 0) is 23.1 Å². The van der Waals surface area contributed by atoms with Gasteiger partial charge in [-0.25, -0.2) is 9.36 Å². The summed E-state index contributed by atoms with van der Waals surface area (Å²) in [6, 6.07) is 0. The first-order valence-electron chi connectivity index (χ1n) is 4.43. The highest BCUT2D eigenvalue weighted by atomic mass is 31.2. The van der Waals surface area contributed by atoms with Crippen molar-refractivity contribution in [3.63, 3.8) is 0 Å². The molecule has 0 aliphatic rings. The van der Waals surface area contributed by atoms with Crippen molar-refractivity contribution in [2.75, 3.05) is 20.3 Å². The maximum Gasteiger partial charge on any atom is 0.432 e. The number of methoxy groups -OCH3 is 1. The Morgan fingerprint density at radius 2 is 1.80 bits per heavy atom. The molecule has 7 heteroatoms. The predicted octanol–water partition coefficient (Wildman–Crippen LogP) is 1.44. The minimum absolute atomic E-state index is 0.164. The van der Waals surface area contributed by atoms with Gasteiger partial charge in [0.05, 0.1) is 20.3 Å². The number of rotatable bonds is 7. The summed E-state index contributed by atoms with van der Waals surface area (Å²) in [4.78, 5) is 11.0. The Balaban J connectivity index is 4.47. The molecule has 0 amide bonds. The monoisotopic (exact) mass is 237 g/mol. The van der Waals surface area contributed by atoms with Crippen LogP contribution in [0.4, 0.5) is 0 Å². The molecule has 0 aromatic rings. The maximum absolute atomic E-state index is 11.8. The van der Waals surface area contributed by atoms with Crippen molar-refractivity contribution in [1.82, 2.24) is 5.09 Å². The summed E-state index contributed by atoms with van der Waals surface area (Å²) in [6.07, 6.45) is 0. The molecule has 0 saturated heterocycles. The van der Waals surface area contributed by atoms with E-state index in [9.17, 15) is 9.36 Å². The van der Waals surface area contributed by atoms with Gasteiger partial charge >= 0.3 is 13.7 Å². The molecule has 0 saturated carbocycles. The van der Waals surface area contributed by atoms with E-state index < -0.39 is 13.7 Å². The Bertz CT molecular complexity index is 268. The molecule has 0 radical (unpaired) electrons. The summed E-state index contributed by atoms with van der Waals surface area (Å²) >= 11 is 0. The average Bonchev–Trinajstić information content (AvgIpc) is 2.16. The van der Waals surface area contributed by atoms with Gasteiger partial charge in [0.15, 0.2) is 0 Å².